The van der Waals surface area contributed by atoms with Crippen LogP contribution in [0.4, 0.5) is 4.39 Å². The van der Waals surface area contributed by atoms with Crippen LogP contribution in [-0.2, 0) is 6.54 Å². The molecule has 21 heavy (non-hydrogen) atoms. The van der Waals surface area contributed by atoms with Gasteiger partial charge >= 0.3 is 0 Å². The molecule has 0 bridgehead atoms. The molecule has 0 aliphatic heterocycles. The second-order valence-corrected chi connectivity index (χ2v) is 5.62. The molecule has 5 heteroatoms. The monoisotopic (exact) mass is 290 g/mol. The van der Waals surface area contributed by atoms with Crippen molar-refractivity contribution in [2.75, 3.05) is 13.6 Å². The van der Waals surface area contributed by atoms with E-state index >= 15 is 0 Å². The molecular weight excluding hydrogens is 267 g/mol. The van der Waals surface area contributed by atoms with Crippen LogP contribution in [0.25, 0.3) is 0 Å². The minimum Gasteiger partial charge on any atom is -0.331 e. The molecule has 0 aliphatic carbocycles. The first kappa shape index (κ1) is 15.7. The average molecular weight is 290 g/mol. The molecule has 0 amide bonds. The molecule has 1 aromatic heterocycles. The van der Waals surface area contributed by atoms with Crippen molar-refractivity contribution in [3.8, 4) is 0 Å². The normalized spacial score (nSPS) is 13.1. The van der Waals surface area contributed by atoms with Crippen LogP contribution in [0.1, 0.15) is 37.2 Å². The summed E-state index contributed by atoms with van der Waals surface area (Å²) in [6.45, 7) is 5.36. The number of rotatable bonds is 6. The highest BCUT2D eigenvalue weighted by Gasteiger charge is 2.20. The number of aromatic nitrogens is 2. The molecule has 114 valence electrons. The van der Waals surface area contributed by atoms with Crippen LogP contribution in [-0.4, -0.2) is 28.0 Å². The molecule has 0 spiro atoms. The first-order valence-corrected chi connectivity index (χ1v) is 7.19. The predicted molar refractivity (Wildman–Crippen MR) is 82.3 cm³/mol. The van der Waals surface area contributed by atoms with Crippen molar-refractivity contribution in [2.24, 2.45) is 5.73 Å². The van der Waals surface area contributed by atoms with Crippen molar-refractivity contribution in [2.45, 2.75) is 32.5 Å². The fraction of sp³-hybridized carbons (Fsp3) is 0.438. The maximum absolute atomic E-state index is 13.3. The summed E-state index contributed by atoms with van der Waals surface area (Å²) < 4.78 is 15.4. The molecule has 0 saturated carbocycles. The smallest absolute Gasteiger partial charge is 0.123 e. The van der Waals surface area contributed by atoms with Gasteiger partial charge < -0.3 is 10.3 Å². The van der Waals surface area contributed by atoms with E-state index < -0.39 is 0 Å². The Kier molecular flexibility index (Phi) is 5.09. The Bertz CT molecular complexity index is 579. The Balaban J connectivity index is 2.18. The van der Waals surface area contributed by atoms with Gasteiger partial charge in [-0.25, -0.2) is 9.37 Å². The maximum atomic E-state index is 13.3. The third-order valence-corrected chi connectivity index (χ3v) is 3.67. The summed E-state index contributed by atoms with van der Waals surface area (Å²) in [5.74, 6) is -0.211. The largest absolute Gasteiger partial charge is 0.331 e. The summed E-state index contributed by atoms with van der Waals surface area (Å²) in [7, 11) is 2.00. The topological polar surface area (TPSA) is 47.1 Å². The summed E-state index contributed by atoms with van der Waals surface area (Å²) in [6, 6.07) is 7.06. The molecule has 1 atom stereocenters. The Morgan fingerprint density at radius 2 is 2.14 bits per heavy atom. The van der Waals surface area contributed by atoms with Crippen molar-refractivity contribution < 1.29 is 4.39 Å². The van der Waals surface area contributed by atoms with Gasteiger partial charge in [0, 0.05) is 25.3 Å². The number of benzene rings is 1. The van der Waals surface area contributed by atoms with Gasteiger partial charge in [-0.3, -0.25) is 4.90 Å². The number of nitrogens with zero attached hydrogens (tertiary/aromatic N) is 3. The van der Waals surface area contributed by atoms with Crippen LogP contribution in [0.5, 0.6) is 0 Å². The number of imidazole rings is 1. The van der Waals surface area contributed by atoms with Gasteiger partial charge in [0.25, 0.3) is 0 Å². The highest BCUT2D eigenvalue weighted by atomic mass is 19.1. The Labute approximate surface area is 125 Å². The quantitative estimate of drug-likeness (QED) is 0.890. The lowest BCUT2D eigenvalue weighted by atomic mass is 10.1. The SMILES string of the molecule is CC(C)n1cncc1C(CN)N(C)Cc1cccc(F)c1. The van der Waals surface area contributed by atoms with Gasteiger partial charge in [0.2, 0.25) is 0 Å². The Morgan fingerprint density at radius 3 is 2.76 bits per heavy atom. The van der Waals surface area contributed by atoms with Crippen molar-refractivity contribution in [3.05, 3.63) is 53.9 Å². The highest BCUT2D eigenvalue weighted by Crippen LogP contribution is 2.22. The second-order valence-electron chi connectivity index (χ2n) is 5.62. The molecule has 2 rings (SSSR count). The first-order chi connectivity index (χ1) is 10.0. The molecule has 2 aromatic rings. The van der Waals surface area contributed by atoms with Crippen LogP contribution < -0.4 is 5.73 Å². The maximum Gasteiger partial charge on any atom is 0.123 e. The van der Waals surface area contributed by atoms with E-state index in [9.17, 15) is 4.39 Å². The number of hydrogen-bond acceptors (Lipinski definition) is 3. The van der Waals surface area contributed by atoms with Crippen molar-refractivity contribution in [3.63, 3.8) is 0 Å². The molecular formula is C16H23FN4. The van der Waals surface area contributed by atoms with Gasteiger partial charge in [0.05, 0.1) is 18.1 Å². The number of nitrogens with two attached hydrogens (primary N) is 1. The second kappa shape index (κ2) is 6.83. The fourth-order valence-electron chi connectivity index (χ4n) is 2.56. The predicted octanol–water partition coefficient (Wildman–Crippen LogP) is 2.73. The van der Waals surface area contributed by atoms with E-state index in [4.69, 9.17) is 5.73 Å². The molecule has 1 aromatic carbocycles. The number of likely N-dealkylation sites (N-methyl/N-ethyl adjacent to an activating group) is 1. The van der Waals surface area contributed by atoms with E-state index in [1.54, 1.807) is 12.1 Å². The van der Waals surface area contributed by atoms with E-state index in [1.807, 2.05) is 25.6 Å². The van der Waals surface area contributed by atoms with E-state index in [-0.39, 0.29) is 11.9 Å². The number of hydrogen-bond donors (Lipinski definition) is 1. The van der Waals surface area contributed by atoms with Gasteiger partial charge in [-0.05, 0) is 38.6 Å². The van der Waals surface area contributed by atoms with Crippen LogP contribution in [0.15, 0.2) is 36.8 Å². The van der Waals surface area contributed by atoms with E-state index in [2.05, 4.69) is 28.3 Å². The highest BCUT2D eigenvalue weighted by molar-refractivity contribution is 5.17. The standard InChI is InChI=1S/C16H23FN4/c1-12(2)21-11-19-9-16(21)15(8-18)20(3)10-13-5-4-6-14(17)7-13/h4-7,9,11-12,15H,8,10,18H2,1-3H3. The van der Waals surface area contributed by atoms with Gasteiger partial charge in [-0.15, -0.1) is 0 Å². The summed E-state index contributed by atoms with van der Waals surface area (Å²) in [6.07, 6.45) is 3.69. The van der Waals surface area contributed by atoms with Gasteiger partial charge in [0.15, 0.2) is 0 Å². The zero-order valence-electron chi connectivity index (χ0n) is 12.8. The van der Waals surface area contributed by atoms with Gasteiger partial charge in [-0.1, -0.05) is 12.1 Å². The number of halogens is 1. The molecule has 0 fully saturated rings. The third-order valence-electron chi connectivity index (χ3n) is 3.67. The Morgan fingerprint density at radius 1 is 1.38 bits per heavy atom. The first-order valence-electron chi connectivity index (χ1n) is 7.19. The zero-order chi connectivity index (χ0) is 15.4. The van der Waals surface area contributed by atoms with Crippen molar-refractivity contribution in [1.82, 2.24) is 14.5 Å². The van der Waals surface area contributed by atoms with E-state index in [0.29, 0.717) is 19.1 Å². The third kappa shape index (κ3) is 3.68. The minimum atomic E-state index is -0.211. The van der Waals surface area contributed by atoms with Gasteiger partial charge in [-0.2, -0.15) is 0 Å². The van der Waals surface area contributed by atoms with Crippen LogP contribution in [0.3, 0.4) is 0 Å². The summed E-state index contributed by atoms with van der Waals surface area (Å²) in [5, 5.41) is 0. The Hall–Kier alpha value is -1.72. The summed E-state index contributed by atoms with van der Waals surface area (Å²) in [4.78, 5) is 6.37. The minimum absolute atomic E-state index is 0.0539. The van der Waals surface area contributed by atoms with Crippen molar-refractivity contribution in [1.29, 1.82) is 0 Å². The molecule has 1 heterocycles. The molecule has 2 N–H and O–H groups in total. The van der Waals surface area contributed by atoms with E-state index in [1.165, 1.54) is 6.07 Å². The summed E-state index contributed by atoms with van der Waals surface area (Å²) >= 11 is 0. The molecule has 0 radical (unpaired) electrons. The fourth-order valence-corrected chi connectivity index (χ4v) is 2.56. The van der Waals surface area contributed by atoms with Crippen LogP contribution in [0.2, 0.25) is 0 Å². The molecule has 0 saturated heterocycles. The average Bonchev–Trinajstić information content (AvgIpc) is 2.89. The lowest BCUT2D eigenvalue weighted by Crippen LogP contribution is -2.32. The summed E-state index contributed by atoms with van der Waals surface area (Å²) in [5.41, 5.74) is 7.99. The van der Waals surface area contributed by atoms with Crippen LogP contribution in [0, 0.1) is 5.82 Å². The lowest BCUT2D eigenvalue weighted by molar-refractivity contribution is 0.230. The zero-order valence-corrected chi connectivity index (χ0v) is 12.8. The van der Waals surface area contributed by atoms with Crippen LogP contribution >= 0.6 is 0 Å². The molecule has 1 unspecified atom stereocenters. The lowest BCUT2D eigenvalue weighted by Gasteiger charge is -2.28. The van der Waals surface area contributed by atoms with Crippen molar-refractivity contribution >= 4 is 0 Å². The van der Waals surface area contributed by atoms with Gasteiger partial charge in [0.1, 0.15) is 5.82 Å². The molecule has 0 aliphatic rings. The van der Waals surface area contributed by atoms with E-state index in [0.717, 1.165) is 11.3 Å². The molecule has 4 nitrogen and oxygen atoms in total.